The molecule has 0 aromatic heterocycles. The maximum atomic E-state index is 11.9. The molecule has 0 N–H and O–H groups in total. The first-order chi connectivity index (χ1) is 4.95. The molecule has 0 aromatic rings. The van der Waals surface area contributed by atoms with E-state index in [2.05, 4.69) is 11.3 Å². The van der Waals surface area contributed by atoms with Crippen LogP contribution in [0.5, 0.6) is 0 Å². The van der Waals surface area contributed by atoms with Gasteiger partial charge in [-0.2, -0.15) is 4.39 Å². The van der Waals surface area contributed by atoms with Crippen molar-refractivity contribution in [2.24, 2.45) is 0 Å². The van der Waals surface area contributed by atoms with Crippen molar-refractivity contribution in [3.63, 3.8) is 0 Å². The normalized spacial score (nSPS) is 12.8. The van der Waals surface area contributed by atoms with Crippen molar-refractivity contribution in [3.8, 4) is 0 Å². The first-order valence-corrected chi connectivity index (χ1v) is 2.74. The molecule has 0 amide bonds. The van der Waals surface area contributed by atoms with Crippen LogP contribution in [0.1, 0.15) is 6.92 Å². The SMILES string of the molecule is C=C(C)C(=O)OC(F)C(F)F. The van der Waals surface area contributed by atoms with E-state index in [1.54, 1.807) is 0 Å². The minimum absolute atomic E-state index is 0.117. The summed E-state index contributed by atoms with van der Waals surface area (Å²) in [4.78, 5) is 10.4. The molecule has 0 aliphatic heterocycles. The highest BCUT2D eigenvalue weighted by molar-refractivity contribution is 5.87. The van der Waals surface area contributed by atoms with Crippen LogP contribution in [0.4, 0.5) is 13.2 Å². The Morgan fingerprint density at radius 3 is 2.18 bits per heavy atom. The van der Waals surface area contributed by atoms with Crippen LogP contribution in [0.3, 0.4) is 0 Å². The lowest BCUT2D eigenvalue weighted by molar-refractivity contribution is -0.169. The predicted molar refractivity (Wildman–Crippen MR) is 31.8 cm³/mol. The fourth-order valence-electron chi connectivity index (χ4n) is 0.254. The summed E-state index contributed by atoms with van der Waals surface area (Å²) in [6.45, 7) is 4.32. The number of hydrogen-bond acceptors (Lipinski definition) is 2. The molecule has 1 atom stereocenters. The lowest BCUT2D eigenvalue weighted by atomic mass is 10.4. The van der Waals surface area contributed by atoms with E-state index in [0.29, 0.717) is 0 Å². The smallest absolute Gasteiger partial charge is 0.335 e. The average molecular weight is 168 g/mol. The van der Waals surface area contributed by atoms with Crippen LogP contribution < -0.4 is 0 Å². The lowest BCUT2D eigenvalue weighted by Crippen LogP contribution is -2.20. The Balaban J connectivity index is 3.85. The fourth-order valence-corrected chi connectivity index (χ4v) is 0.254. The monoisotopic (exact) mass is 168 g/mol. The van der Waals surface area contributed by atoms with Gasteiger partial charge < -0.3 is 4.74 Å². The van der Waals surface area contributed by atoms with Crippen LogP contribution in [0.15, 0.2) is 12.2 Å². The summed E-state index contributed by atoms with van der Waals surface area (Å²) >= 11 is 0. The van der Waals surface area contributed by atoms with E-state index in [9.17, 15) is 18.0 Å². The highest BCUT2D eigenvalue weighted by Gasteiger charge is 2.23. The third kappa shape index (κ3) is 3.64. The number of ether oxygens (including phenoxy) is 1. The topological polar surface area (TPSA) is 26.3 Å². The molecule has 0 aliphatic rings. The average Bonchev–Trinajstić information content (AvgIpc) is 1.87. The summed E-state index contributed by atoms with van der Waals surface area (Å²) in [5.74, 6) is -1.15. The van der Waals surface area contributed by atoms with Gasteiger partial charge in [-0.1, -0.05) is 6.58 Å². The van der Waals surface area contributed by atoms with Crippen molar-refractivity contribution in [1.82, 2.24) is 0 Å². The van der Waals surface area contributed by atoms with Gasteiger partial charge in [0.15, 0.2) is 0 Å². The molecule has 0 bridgehead atoms. The van der Waals surface area contributed by atoms with Crippen LogP contribution in [0.2, 0.25) is 0 Å². The molecule has 2 nitrogen and oxygen atoms in total. The molecule has 64 valence electrons. The first kappa shape index (κ1) is 10.0. The molecule has 0 radical (unpaired) electrons. The van der Waals surface area contributed by atoms with Crippen LogP contribution in [0, 0.1) is 0 Å². The quantitative estimate of drug-likeness (QED) is 0.473. The molecule has 0 spiro atoms. The molecule has 0 rings (SSSR count). The minimum Gasteiger partial charge on any atom is -0.421 e. The molecule has 11 heavy (non-hydrogen) atoms. The van der Waals surface area contributed by atoms with Gasteiger partial charge in [0, 0.05) is 5.57 Å². The summed E-state index contributed by atoms with van der Waals surface area (Å²) in [6, 6.07) is 0. The van der Waals surface area contributed by atoms with Gasteiger partial charge in [-0.15, -0.1) is 0 Å². The number of rotatable bonds is 3. The Labute approximate surface area is 61.6 Å². The third-order valence-electron chi connectivity index (χ3n) is 0.766. The summed E-state index contributed by atoms with van der Waals surface area (Å²) in [6.07, 6.45) is -6.17. The molecule has 1 unspecified atom stereocenters. The summed E-state index contributed by atoms with van der Waals surface area (Å²) in [5.41, 5.74) is -0.117. The number of carbonyl (C=O) groups excluding carboxylic acids is 1. The molecule has 0 saturated heterocycles. The fraction of sp³-hybridized carbons (Fsp3) is 0.500. The number of esters is 1. The van der Waals surface area contributed by atoms with Crippen LogP contribution in [-0.4, -0.2) is 18.8 Å². The zero-order chi connectivity index (χ0) is 9.02. The van der Waals surface area contributed by atoms with E-state index >= 15 is 0 Å². The van der Waals surface area contributed by atoms with Gasteiger partial charge in [-0.25, -0.2) is 13.6 Å². The van der Waals surface area contributed by atoms with Gasteiger partial charge in [-0.3, -0.25) is 0 Å². The maximum absolute atomic E-state index is 11.9. The Morgan fingerprint density at radius 2 is 1.91 bits per heavy atom. The molecule has 5 heteroatoms. The highest BCUT2D eigenvalue weighted by atomic mass is 19.3. The van der Waals surface area contributed by atoms with Gasteiger partial charge in [-0.05, 0) is 6.92 Å². The van der Waals surface area contributed by atoms with E-state index in [4.69, 9.17) is 0 Å². The van der Waals surface area contributed by atoms with Crippen molar-refractivity contribution >= 4 is 5.97 Å². The lowest BCUT2D eigenvalue weighted by Gasteiger charge is -2.07. The Morgan fingerprint density at radius 1 is 1.45 bits per heavy atom. The second-order valence-corrected chi connectivity index (χ2v) is 1.87. The van der Waals surface area contributed by atoms with Crippen molar-refractivity contribution in [1.29, 1.82) is 0 Å². The Kier molecular flexibility index (Phi) is 3.64. The van der Waals surface area contributed by atoms with E-state index < -0.39 is 18.8 Å². The van der Waals surface area contributed by atoms with E-state index in [1.807, 2.05) is 0 Å². The second kappa shape index (κ2) is 4.00. The molecule has 0 aliphatic carbocycles. The molecular weight excluding hydrogens is 161 g/mol. The number of alkyl halides is 3. The Hall–Kier alpha value is -1.00. The summed E-state index contributed by atoms with van der Waals surface area (Å²) in [7, 11) is 0. The molecule has 0 aromatic carbocycles. The standard InChI is InChI=1S/C6H7F3O2/c1-3(2)6(10)11-5(9)4(7)8/h4-5H,1H2,2H3. The van der Waals surface area contributed by atoms with Crippen LogP contribution >= 0.6 is 0 Å². The number of hydrogen-bond donors (Lipinski definition) is 0. The second-order valence-electron chi connectivity index (χ2n) is 1.87. The Bertz CT molecular complexity index is 167. The van der Waals surface area contributed by atoms with Crippen molar-refractivity contribution in [3.05, 3.63) is 12.2 Å². The zero-order valence-corrected chi connectivity index (χ0v) is 5.81. The van der Waals surface area contributed by atoms with Gasteiger partial charge in [0.05, 0.1) is 0 Å². The number of carbonyl (C=O) groups is 1. The van der Waals surface area contributed by atoms with Crippen LogP contribution in [-0.2, 0) is 9.53 Å². The summed E-state index contributed by atoms with van der Waals surface area (Å²) in [5, 5.41) is 0. The largest absolute Gasteiger partial charge is 0.421 e. The third-order valence-corrected chi connectivity index (χ3v) is 0.766. The molecular formula is C6H7F3O2. The highest BCUT2D eigenvalue weighted by Crippen LogP contribution is 2.08. The number of halogens is 3. The molecule has 0 saturated carbocycles. The van der Waals surface area contributed by atoms with E-state index in [1.165, 1.54) is 6.92 Å². The van der Waals surface area contributed by atoms with E-state index in [0.717, 1.165) is 0 Å². The van der Waals surface area contributed by atoms with Gasteiger partial charge in [0.1, 0.15) is 0 Å². The maximum Gasteiger partial charge on any atom is 0.335 e. The van der Waals surface area contributed by atoms with Crippen molar-refractivity contribution in [2.45, 2.75) is 19.7 Å². The zero-order valence-electron chi connectivity index (χ0n) is 5.81. The van der Waals surface area contributed by atoms with Crippen molar-refractivity contribution < 1.29 is 22.7 Å². The van der Waals surface area contributed by atoms with Gasteiger partial charge in [0.25, 0.3) is 0 Å². The first-order valence-electron chi connectivity index (χ1n) is 2.74. The van der Waals surface area contributed by atoms with Crippen molar-refractivity contribution in [2.75, 3.05) is 0 Å². The molecule has 0 heterocycles. The van der Waals surface area contributed by atoms with Crippen LogP contribution in [0.25, 0.3) is 0 Å². The molecule has 0 fully saturated rings. The predicted octanol–water partition coefficient (Wildman–Crippen LogP) is 1.67. The van der Waals surface area contributed by atoms with Gasteiger partial charge >= 0.3 is 18.8 Å². The summed E-state index contributed by atoms with van der Waals surface area (Å²) < 4.78 is 38.3. The van der Waals surface area contributed by atoms with Gasteiger partial charge in [0.2, 0.25) is 0 Å². The minimum atomic E-state index is -3.31. The van der Waals surface area contributed by atoms with E-state index in [-0.39, 0.29) is 5.57 Å².